The maximum atomic E-state index is 14.6. The predicted octanol–water partition coefficient (Wildman–Crippen LogP) is 6.32. The normalized spacial score (nSPS) is 20.8. The van der Waals surface area contributed by atoms with Crippen LogP contribution >= 0.6 is 0 Å². The zero-order valence-corrected chi connectivity index (χ0v) is 29.1. The zero-order valence-electron chi connectivity index (χ0n) is 29.1. The summed E-state index contributed by atoms with van der Waals surface area (Å²) in [7, 11) is 0. The molecule has 6 rings (SSSR count). The Morgan fingerprint density at radius 2 is 1.64 bits per heavy atom. The van der Waals surface area contributed by atoms with E-state index in [2.05, 4.69) is 118 Å². The Kier molecular flexibility index (Phi) is 11.7. The van der Waals surface area contributed by atoms with E-state index in [9.17, 15) is 9.59 Å². The van der Waals surface area contributed by atoms with Crippen LogP contribution in [-0.4, -0.2) is 61.3 Å². The highest BCUT2D eigenvalue weighted by Gasteiger charge is 2.53. The molecule has 2 fully saturated rings. The van der Waals surface area contributed by atoms with Crippen molar-refractivity contribution >= 4 is 22.8 Å². The summed E-state index contributed by atoms with van der Waals surface area (Å²) in [6.07, 6.45) is 3.30. The van der Waals surface area contributed by atoms with E-state index in [0.717, 1.165) is 31.2 Å². The van der Waals surface area contributed by atoms with Crippen molar-refractivity contribution in [1.29, 1.82) is 0 Å². The first-order chi connectivity index (χ1) is 24.4. The fourth-order valence-corrected chi connectivity index (χ4v) is 7.72. The Morgan fingerprint density at radius 3 is 2.32 bits per heavy atom. The number of ether oxygens (including phenoxy) is 1. The van der Waals surface area contributed by atoms with Crippen molar-refractivity contribution in [3.8, 4) is 0 Å². The van der Waals surface area contributed by atoms with Crippen LogP contribution in [0.4, 0.5) is 4.79 Å². The van der Waals surface area contributed by atoms with Crippen molar-refractivity contribution in [2.24, 2.45) is 17.6 Å². The van der Waals surface area contributed by atoms with Gasteiger partial charge in [-0.25, -0.2) is 4.79 Å². The first-order valence-corrected chi connectivity index (χ1v) is 18.1. The molecule has 0 aliphatic carbocycles. The zero-order chi connectivity index (χ0) is 34.9. The molecule has 262 valence electrons. The molecule has 0 radical (unpaired) electrons. The van der Waals surface area contributed by atoms with Crippen LogP contribution in [-0.2, 0) is 16.0 Å². The summed E-state index contributed by atoms with van der Waals surface area (Å²) in [4.78, 5) is 29.8. The van der Waals surface area contributed by atoms with Gasteiger partial charge < -0.3 is 31.3 Å². The van der Waals surface area contributed by atoms with Crippen LogP contribution in [0, 0.1) is 11.8 Å². The highest BCUT2D eigenvalue weighted by atomic mass is 16.5. The molecule has 2 saturated heterocycles. The number of hydrogen-bond acceptors (Lipinski definition) is 6. The van der Waals surface area contributed by atoms with Crippen molar-refractivity contribution in [3.05, 3.63) is 132 Å². The Hall–Kier alpha value is -4.82. The Balaban J connectivity index is 1.30. The molecule has 2 aliphatic heterocycles. The third-order valence-electron chi connectivity index (χ3n) is 10.3. The molecule has 5 N–H and O–H groups in total. The molecule has 8 heteroatoms. The molecule has 2 heterocycles. The second-order valence-corrected chi connectivity index (χ2v) is 13.8. The van der Waals surface area contributed by atoms with E-state index in [1.807, 2.05) is 19.1 Å². The lowest BCUT2D eigenvalue weighted by atomic mass is 9.81. The minimum Gasteiger partial charge on any atom is -0.450 e. The number of nitrogens with one attached hydrogen (secondary N) is 3. The smallest absolute Gasteiger partial charge is 0.407 e. The largest absolute Gasteiger partial charge is 0.450 e. The van der Waals surface area contributed by atoms with Crippen LogP contribution in [0.2, 0.25) is 0 Å². The molecule has 8 nitrogen and oxygen atoms in total. The summed E-state index contributed by atoms with van der Waals surface area (Å²) in [6.45, 7) is 7.96. The third kappa shape index (κ3) is 8.85. The summed E-state index contributed by atoms with van der Waals surface area (Å²) in [6, 6.07) is 35.8. The van der Waals surface area contributed by atoms with Crippen molar-refractivity contribution < 1.29 is 14.3 Å². The SMILES string of the molecule is C=C(N)NCCC[C@H]1C(=O)N(CC(c2ccccc2)c2ccccc2)CCC([C@H](Cc2ccc3ccccc3c2)NC(=O)OCCC)C2NC21. The Morgan fingerprint density at radius 1 is 0.960 bits per heavy atom. The summed E-state index contributed by atoms with van der Waals surface area (Å²) in [5.74, 6) is 0.543. The lowest BCUT2D eigenvalue weighted by molar-refractivity contribution is -0.136. The first kappa shape index (κ1) is 35.0. The van der Waals surface area contributed by atoms with E-state index in [1.165, 1.54) is 21.9 Å². The van der Waals surface area contributed by atoms with Gasteiger partial charge in [-0.05, 0) is 65.5 Å². The van der Waals surface area contributed by atoms with Gasteiger partial charge in [-0.2, -0.15) is 0 Å². The highest BCUT2D eigenvalue weighted by Crippen LogP contribution is 2.38. The molecule has 5 atom stereocenters. The van der Waals surface area contributed by atoms with Crippen LogP contribution < -0.4 is 21.7 Å². The second-order valence-electron chi connectivity index (χ2n) is 13.8. The fraction of sp³-hybridized carbons (Fsp3) is 0.381. The van der Waals surface area contributed by atoms with Gasteiger partial charge in [0.25, 0.3) is 0 Å². The number of hydrogen-bond donors (Lipinski definition) is 4. The van der Waals surface area contributed by atoms with Gasteiger partial charge in [-0.1, -0.05) is 117 Å². The van der Waals surface area contributed by atoms with Crippen LogP contribution in [0.3, 0.4) is 0 Å². The van der Waals surface area contributed by atoms with Crippen molar-refractivity contribution in [3.63, 3.8) is 0 Å². The number of amides is 2. The quantitative estimate of drug-likeness (QED) is 0.0867. The third-order valence-corrected chi connectivity index (χ3v) is 10.3. The average molecular weight is 674 g/mol. The fourth-order valence-electron chi connectivity index (χ4n) is 7.72. The molecule has 4 aromatic rings. The molecule has 50 heavy (non-hydrogen) atoms. The standard InChI is InChI=1S/C42H51N5O3/c1-3-25-50-42(49)45-38(27-30-20-21-31-13-10-11-18-34(31)26-30)35-22-24-47(41(48)36(40-39(35)46-40)19-12-23-44-29(2)43)28-37(32-14-6-4-7-15-32)33-16-8-5-9-17-33/h4-11,13-18,20-21,26,35-40,44,46H,2-3,12,19,22-25,27-28,43H2,1H3,(H,45,49)/t35?,36-,38+,39?,40?/m1/s1. The number of fused-ring (bicyclic) bond motifs is 2. The van der Waals surface area contributed by atoms with E-state index < -0.39 is 0 Å². The van der Waals surface area contributed by atoms with E-state index in [4.69, 9.17) is 10.5 Å². The number of alkyl carbamates (subject to hydrolysis) is 1. The topological polar surface area (TPSA) is 119 Å². The van der Waals surface area contributed by atoms with E-state index in [1.54, 1.807) is 0 Å². The minimum atomic E-state index is -0.386. The molecule has 4 aromatic carbocycles. The van der Waals surface area contributed by atoms with Gasteiger partial charge in [0, 0.05) is 43.7 Å². The van der Waals surface area contributed by atoms with Gasteiger partial charge in [0.15, 0.2) is 0 Å². The highest BCUT2D eigenvalue weighted by molar-refractivity contribution is 5.83. The number of carbonyl (C=O) groups is 2. The number of benzene rings is 4. The number of carbonyl (C=O) groups excluding carboxylic acids is 2. The molecule has 2 amide bonds. The van der Waals surface area contributed by atoms with Crippen molar-refractivity contribution in [2.75, 3.05) is 26.2 Å². The van der Waals surface area contributed by atoms with Gasteiger partial charge in [0.2, 0.25) is 5.91 Å². The van der Waals surface area contributed by atoms with Crippen LogP contribution in [0.25, 0.3) is 10.8 Å². The molecule has 3 unspecified atom stereocenters. The van der Waals surface area contributed by atoms with E-state index in [-0.39, 0.29) is 47.9 Å². The molecule has 0 saturated carbocycles. The lowest BCUT2D eigenvalue weighted by Crippen LogP contribution is -2.49. The molecule has 0 aromatic heterocycles. The monoisotopic (exact) mass is 673 g/mol. The minimum absolute atomic E-state index is 0.0239. The molecular weight excluding hydrogens is 622 g/mol. The molecular formula is C42H51N5O3. The van der Waals surface area contributed by atoms with Gasteiger partial charge in [0.1, 0.15) is 0 Å². The number of nitrogens with two attached hydrogens (primary N) is 1. The summed E-state index contributed by atoms with van der Waals surface area (Å²) in [5.41, 5.74) is 9.32. The van der Waals surface area contributed by atoms with Crippen LogP contribution in [0.15, 0.2) is 116 Å². The summed E-state index contributed by atoms with van der Waals surface area (Å²) in [5, 5.41) is 12.5. The van der Waals surface area contributed by atoms with Crippen LogP contribution in [0.5, 0.6) is 0 Å². The van der Waals surface area contributed by atoms with Gasteiger partial charge in [0.05, 0.1) is 18.3 Å². The molecule has 0 bridgehead atoms. The van der Waals surface area contributed by atoms with Crippen LogP contribution in [0.1, 0.15) is 55.2 Å². The predicted molar refractivity (Wildman–Crippen MR) is 200 cm³/mol. The van der Waals surface area contributed by atoms with Crippen molar-refractivity contribution in [2.45, 2.75) is 63.1 Å². The Bertz CT molecular complexity index is 1690. The number of nitrogens with zero attached hydrogens (tertiary/aromatic N) is 1. The van der Waals surface area contributed by atoms with Gasteiger partial charge in [-0.3, -0.25) is 4.79 Å². The number of likely N-dealkylation sites (tertiary alicyclic amines) is 1. The summed E-state index contributed by atoms with van der Waals surface area (Å²) < 4.78 is 5.56. The van der Waals surface area contributed by atoms with Gasteiger partial charge >= 0.3 is 6.09 Å². The maximum absolute atomic E-state index is 14.6. The van der Waals surface area contributed by atoms with E-state index in [0.29, 0.717) is 38.5 Å². The van der Waals surface area contributed by atoms with Gasteiger partial charge in [-0.15, -0.1) is 0 Å². The summed E-state index contributed by atoms with van der Waals surface area (Å²) >= 11 is 0. The molecule has 2 aliphatic rings. The number of rotatable bonds is 15. The molecule has 0 spiro atoms. The van der Waals surface area contributed by atoms with E-state index >= 15 is 0 Å². The second kappa shape index (κ2) is 16.7. The lowest BCUT2D eigenvalue weighted by Gasteiger charge is -2.36. The average Bonchev–Trinajstić information content (AvgIpc) is 3.91. The van der Waals surface area contributed by atoms with Crippen molar-refractivity contribution in [1.82, 2.24) is 20.9 Å². The Labute approximate surface area is 296 Å². The maximum Gasteiger partial charge on any atom is 0.407 e. The first-order valence-electron chi connectivity index (χ1n) is 18.1.